The van der Waals surface area contributed by atoms with Crippen molar-refractivity contribution in [1.29, 1.82) is 0 Å². The maximum absolute atomic E-state index is 12.7. The van der Waals surface area contributed by atoms with Crippen LogP contribution in [0, 0.1) is 6.92 Å². The Morgan fingerprint density at radius 3 is 2.86 bits per heavy atom. The topological polar surface area (TPSA) is 23.6 Å². The minimum Gasteiger partial charge on any atom is -0.336 e. The van der Waals surface area contributed by atoms with Crippen molar-refractivity contribution in [3.63, 3.8) is 0 Å². The van der Waals surface area contributed by atoms with Crippen LogP contribution in [0.1, 0.15) is 23.3 Å². The first-order chi connectivity index (χ1) is 10.2. The number of carbonyl (C=O) groups excluding carboxylic acids is 1. The summed E-state index contributed by atoms with van der Waals surface area (Å²) in [5.74, 6) is 2.51. The van der Waals surface area contributed by atoms with E-state index in [1.54, 1.807) is 11.3 Å². The molecule has 0 N–H and O–H groups in total. The van der Waals surface area contributed by atoms with Gasteiger partial charge >= 0.3 is 0 Å². The van der Waals surface area contributed by atoms with Crippen LogP contribution in [0.25, 0.3) is 0 Å². The van der Waals surface area contributed by atoms with Gasteiger partial charge in [0, 0.05) is 29.5 Å². The van der Waals surface area contributed by atoms with Gasteiger partial charge in [0.2, 0.25) is 5.91 Å². The summed E-state index contributed by atoms with van der Waals surface area (Å²) in [4.78, 5) is 18.6. The third kappa shape index (κ3) is 4.02. The Morgan fingerprint density at radius 1 is 1.33 bits per heavy atom. The second kappa shape index (κ2) is 7.16. The monoisotopic (exact) mass is 324 g/mol. The zero-order valence-electron chi connectivity index (χ0n) is 12.7. The number of hydrogen-bond acceptors (Lipinski definition) is 4. The molecule has 3 heterocycles. The molecule has 1 amide bonds. The fourth-order valence-electron chi connectivity index (χ4n) is 3.23. The third-order valence-electron chi connectivity index (χ3n) is 4.33. The number of carbonyl (C=O) groups is 1. The highest BCUT2D eigenvalue weighted by molar-refractivity contribution is 7.99. The van der Waals surface area contributed by atoms with Crippen LogP contribution in [0.2, 0.25) is 0 Å². The zero-order valence-corrected chi connectivity index (χ0v) is 14.3. The van der Waals surface area contributed by atoms with Crippen molar-refractivity contribution in [2.75, 3.05) is 37.7 Å². The van der Waals surface area contributed by atoms with E-state index < -0.39 is 0 Å². The third-order valence-corrected chi connectivity index (χ3v) is 6.47. The lowest BCUT2D eigenvalue weighted by atomic mass is 10.2. The summed E-state index contributed by atoms with van der Waals surface area (Å²) in [6.45, 7) is 6.52. The van der Waals surface area contributed by atoms with E-state index in [4.69, 9.17) is 0 Å². The van der Waals surface area contributed by atoms with Gasteiger partial charge in [-0.25, -0.2) is 0 Å². The first-order valence-corrected chi connectivity index (χ1v) is 9.89. The van der Waals surface area contributed by atoms with Crippen molar-refractivity contribution in [1.82, 2.24) is 9.80 Å². The molecule has 21 heavy (non-hydrogen) atoms. The Morgan fingerprint density at radius 2 is 2.14 bits per heavy atom. The molecule has 0 spiro atoms. The predicted molar refractivity (Wildman–Crippen MR) is 91.3 cm³/mol. The number of thioether (sulfide) groups is 1. The molecule has 3 nitrogen and oxygen atoms in total. The van der Waals surface area contributed by atoms with Gasteiger partial charge < -0.3 is 9.80 Å². The van der Waals surface area contributed by atoms with Gasteiger partial charge in [0.1, 0.15) is 0 Å². The van der Waals surface area contributed by atoms with Gasteiger partial charge in [-0.15, -0.1) is 11.3 Å². The zero-order chi connectivity index (χ0) is 14.7. The average molecular weight is 325 g/mol. The molecule has 1 aromatic rings. The van der Waals surface area contributed by atoms with Crippen molar-refractivity contribution in [3.8, 4) is 0 Å². The Bertz CT molecular complexity index is 482. The van der Waals surface area contributed by atoms with Gasteiger partial charge in [-0.3, -0.25) is 4.79 Å². The van der Waals surface area contributed by atoms with Crippen LogP contribution < -0.4 is 0 Å². The Hall–Kier alpha value is -0.520. The second-order valence-electron chi connectivity index (χ2n) is 6.09. The fraction of sp³-hybridized carbons (Fsp3) is 0.688. The Balaban J connectivity index is 1.60. The molecule has 2 fully saturated rings. The van der Waals surface area contributed by atoms with Crippen LogP contribution >= 0.6 is 23.1 Å². The van der Waals surface area contributed by atoms with Crippen LogP contribution in [0.4, 0.5) is 0 Å². The van der Waals surface area contributed by atoms with E-state index in [2.05, 4.69) is 28.2 Å². The highest BCUT2D eigenvalue weighted by atomic mass is 32.2. The second-order valence-corrected chi connectivity index (χ2v) is 8.24. The molecular weight excluding hydrogens is 300 g/mol. The molecule has 1 unspecified atom stereocenters. The van der Waals surface area contributed by atoms with E-state index in [1.165, 1.54) is 36.4 Å². The smallest absolute Gasteiger partial charge is 0.228 e. The Labute approximate surface area is 135 Å². The van der Waals surface area contributed by atoms with Crippen LogP contribution in [0.5, 0.6) is 0 Å². The summed E-state index contributed by atoms with van der Waals surface area (Å²) >= 11 is 3.71. The van der Waals surface area contributed by atoms with E-state index in [9.17, 15) is 4.79 Å². The molecule has 2 aliphatic rings. The molecule has 0 aliphatic carbocycles. The number of hydrogen-bond donors (Lipinski definition) is 0. The summed E-state index contributed by atoms with van der Waals surface area (Å²) in [6.07, 6.45) is 3.23. The average Bonchev–Trinajstić information content (AvgIpc) is 3.11. The molecule has 2 aliphatic heterocycles. The van der Waals surface area contributed by atoms with Crippen molar-refractivity contribution in [2.24, 2.45) is 0 Å². The summed E-state index contributed by atoms with van der Waals surface area (Å²) in [5, 5.41) is 2.14. The largest absolute Gasteiger partial charge is 0.336 e. The molecular formula is C16H24N2OS2. The lowest BCUT2D eigenvalue weighted by Gasteiger charge is -2.37. The SMILES string of the molecule is Cc1csc(CC(=O)N2CCSCC2CN2CCCC2)c1. The lowest BCUT2D eigenvalue weighted by Crippen LogP contribution is -2.51. The predicted octanol–water partition coefficient (Wildman–Crippen LogP) is 2.64. The number of aryl methyl sites for hydroxylation is 1. The molecule has 1 atom stereocenters. The van der Waals surface area contributed by atoms with E-state index in [0.29, 0.717) is 18.4 Å². The number of thiophene rings is 1. The number of amides is 1. The van der Waals surface area contributed by atoms with Crippen LogP contribution in [-0.2, 0) is 11.2 Å². The van der Waals surface area contributed by atoms with Gasteiger partial charge in [-0.2, -0.15) is 11.8 Å². The normalized spacial score (nSPS) is 23.7. The van der Waals surface area contributed by atoms with Gasteiger partial charge in [0.05, 0.1) is 12.5 Å². The minimum atomic E-state index is 0.321. The Kier molecular flexibility index (Phi) is 5.24. The highest BCUT2D eigenvalue weighted by Crippen LogP contribution is 2.22. The van der Waals surface area contributed by atoms with E-state index in [0.717, 1.165) is 24.6 Å². The van der Waals surface area contributed by atoms with Gasteiger partial charge in [0.25, 0.3) is 0 Å². The first-order valence-electron chi connectivity index (χ1n) is 7.86. The lowest BCUT2D eigenvalue weighted by molar-refractivity contribution is -0.132. The van der Waals surface area contributed by atoms with Crippen molar-refractivity contribution >= 4 is 29.0 Å². The molecule has 3 rings (SSSR count). The van der Waals surface area contributed by atoms with Crippen LogP contribution in [0.15, 0.2) is 11.4 Å². The molecule has 0 bridgehead atoms. The van der Waals surface area contributed by atoms with Crippen molar-refractivity contribution in [2.45, 2.75) is 32.2 Å². The van der Waals surface area contributed by atoms with Gasteiger partial charge in [0.15, 0.2) is 0 Å². The standard InChI is InChI=1S/C16H24N2OS2/c1-13-8-15(21-11-13)9-16(19)18-6-7-20-12-14(18)10-17-4-2-3-5-17/h8,11,14H,2-7,9-10,12H2,1H3. The molecule has 116 valence electrons. The summed E-state index contributed by atoms with van der Waals surface area (Å²) < 4.78 is 0. The molecule has 0 aromatic carbocycles. The number of rotatable bonds is 4. The number of nitrogens with zero attached hydrogens (tertiary/aromatic N) is 2. The van der Waals surface area contributed by atoms with Crippen LogP contribution in [-0.4, -0.2) is 59.4 Å². The van der Waals surface area contributed by atoms with E-state index >= 15 is 0 Å². The summed E-state index contributed by atoms with van der Waals surface area (Å²) in [7, 11) is 0. The maximum Gasteiger partial charge on any atom is 0.228 e. The molecule has 1 aromatic heterocycles. The fourth-order valence-corrected chi connectivity index (χ4v) is 5.15. The van der Waals surface area contributed by atoms with Crippen molar-refractivity contribution < 1.29 is 4.79 Å². The molecule has 0 radical (unpaired) electrons. The molecule has 2 saturated heterocycles. The van der Waals surface area contributed by atoms with E-state index in [-0.39, 0.29) is 0 Å². The van der Waals surface area contributed by atoms with Gasteiger partial charge in [-0.1, -0.05) is 0 Å². The highest BCUT2D eigenvalue weighted by Gasteiger charge is 2.29. The van der Waals surface area contributed by atoms with Gasteiger partial charge in [-0.05, 0) is 49.9 Å². The van der Waals surface area contributed by atoms with Crippen LogP contribution in [0.3, 0.4) is 0 Å². The van der Waals surface area contributed by atoms with E-state index in [1.807, 2.05) is 11.8 Å². The summed E-state index contributed by atoms with van der Waals surface area (Å²) in [6, 6.07) is 2.56. The summed E-state index contributed by atoms with van der Waals surface area (Å²) in [5.41, 5.74) is 1.27. The maximum atomic E-state index is 12.7. The first kappa shape index (κ1) is 15.4. The molecule has 0 saturated carbocycles. The van der Waals surface area contributed by atoms with Crippen molar-refractivity contribution in [3.05, 3.63) is 21.9 Å². The molecule has 5 heteroatoms. The number of likely N-dealkylation sites (tertiary alicyclic amines) is 1. The minimum absolute atomic E-state index is 0.321. The quantitative estimate of drug-likeness (QED) is 0.851.